The van der Waals surface area contributed by atoms with Crippen LogP contribution < -0.4 is 14.2 Å². The highest BCUT2D eigenvalue weighted by Gasteiger charge is 2.13. The molecule has 0 bridgehead atoms. The van der Waals surface area contributed by atoms with Gasteiger partial charge in [0.2, 0.25) is 6.79 Å². The van der Waals surface area contributed by atoms with Gasteiger partial charge in [0.25, 0.3) is 0 Å². The van der Waals surface area contributed by atoms with Crippen LogP contribution in [0.25, 0.3) is 6.08 Å². The van der Waals surface area contributed by atoms with Crippen molar-refractivity contribution in [3.63, 3.8) is 0 Å². The van der Waals surface area contributed by atoms with Gasteiger partial charge in [-0.25, -0.2) is 0 Å². The summed E-state index contributed by atoms with van der Waals surface area (Å²) in [5, 5.41) is 9.78. The van der Waals surface area contributed by atoms with E-state index >= 15 is 0 Å². The van der Waals surface area contributed by atoms with Gasteiger partial charge < -0.3 is 19.3 Å². The maximum atomic E-state index is 12.2. The molecule has 0 atom stereocenters. The molecule has 1 heterocycles. The normalized spacial score (nSPS) is 12.6. The van der Waals surface area contributed by atoms with Gasteiger partial charge in [0.1, 0.15) is 11.5 Å². The lowest BCUT2D eigenvalue weighted by Gasteiger charge is -2.04. The Morgan fingerprint density at radius 1 is 1.18 bits per heavy atom. The van der Waals surface area contributed by atoms with Crippen molar-refractivity contribution >= 4 is 11.9 Å². The van der Waals surface area contributed by atoms with Crippen LogP contribution >= 0.6 is 0 Å². The molecule has 1 N–H and O–H groups in total. The number of phenols is 1. The van der Waals surface area contributed by atoms with Crippen LogP contribution in [0.15, 0.2) is 42.5 Å². The molecular weight excluding hydrogens is 284 g/mol. The summed E-state index contributed by atoms with van der Waals surface area (Å²) >= 11 is 0. The molecule has 5 nitrogen and oxygen atoms in total. The Morgan fingerprint density at radius 2 is 2.00 bits per heavy atom. The van der Waals surface area contributed by atoms with Gasteiger partial charge in [-0.1, -0.05) is 12.1 Å². The zero-order valence-corrected chi connectivity index (χ0v) is 11.9. The number of hydrogen-bond donors (Lipinski definition) is 1. The highest BCUT2D eigenvalue weighted by molar-refractivity contribution is 6.08. The van der Waals surface area contributed by atoms with E-state index in [9.17, 15) is 9.90 Å². The van der Waals surface area contributed by atoms with Gasteiger partial charge in [-0.3, -0.25) is 4.79 Å². The number of methoxy groups -OCH3 is 1. The number of rotatable bonds is 4. The third-order valence-corrected chi connectivity index (χ3v) is 3.29. The predicted octanol–water partition coefficient (Wildman–Crippen LogP) is 3.03. The van der Waals surface area contributed by atoms with Gasteiger partial charge in [-0.2, -0.15) is 0 Å². The number of ether oxygens (including phenoxy) is 3. The molecule has 0 aliphatic carbocycles. The maximum absolute atomic E-state index is 12.2. The molecule has 1 aliphatic rings. The molecule has 112 valence electrons. The van der Waals surface area contributed by atoms with E-state index in [4.69, 9.17) is 14.2 Å². The Labute approximate surface area is 127 Å². The molecule has 0 unspecified atom stereocenters. The maximum Gasteiger partial charge on any atom is 0.231 e. The topological polar surface area (TPSA) is 65.0 Å². The van der Waals surface area contributed by atoms with Crippen LogP contribution in [0.5, 0.6) is 23.0 Å². The molecule has 0 saturated heterocycles. The average molecular weight is 298 g/mol. The first-order valence-electron chi connectivity index (χ1n) is 6.66. The van der Waals surface area contributed by atoms with Gasteiger partial charge in [0.15, 0.2) is 17.3 Å². The van der Waals surface area contributed by atoms with Crippen molar-refractivity contribution < 1.29 is 24.1 Å². The fourth-order valence-corrected chi connectivity index (χ4v) is 2.12. The Hall–Kier alpha value is -2.95. The molecule has 0 amide bonds. The summed E-state index contributed by atoms with van der Waals surface area (Å²) in [6.45, 7) is 0.207. The van der Waals surface area contributed by atoms with Crippen molar-refractivity contribution in [2.75, 3.05) is 13.9 Å². The quantitative estimate of drug-likeness (QED) is 0.694. The molecule has 0 saturated carbocycles. The second-order valence-electron chi connectivity index (χ2n) is 4.69. The molecule has 0 aromatic heterocycles. The number of phenolic OH excluding ortho intramolecular Hbond substituents is 1. The third kappa shape index (κ3) is 2.74. The summed E-state index contributed by atoms with van der Waals surface area (Å²) < 4.78 is 15.6. The van der Waals surface area contributed by atoms with E-state index in [1.807, 2.05) is 6.07 Å². The van der Waals surface area contributed by atoms with Gasteiger partial charge in [-0.15, -0.1) is 0 Å². The van der Waals surface area contributed by atoms with Crippen LogP contribution in [0.1, 0.15) is 15.9 Å². The predicted molar refractivity (Wildman–Crippen MR) is 80.6 cm³/mol. The lowest BCUT2D eigenvalue weighted by Crippen LogP contribution is -1.96. The van der Waals surface area contributed by atoms with Crippen LogP contribution in [0.3, 0.4) is 0 Å². The first-order chi connectivity index (χ1) is 10.7. The number of allylic oxidation sites excluding steroid dienone is 1. The van der Waals surface area contributed by atoms with Crippen molar-refractivity contribution in [1.82, 2.24) is 0 Å². The second-order valence-corrected chi connectivity index (χ2v) is 4.69. The van der Waals surface area contributed by atoms with E-state index in [0.29, 0.717) is 17.2 Å². The largest absolute Gasteiger partial charge is 0.507 e. The number of aromatic hydroxyl groups is 1. The minimum atomic E-state index is -0.311. The first kappa shape index (κ1) is 14.0. The Balaban J connectivity index is 1.82. The number of carbonyl (C=O) groups is 1. The number of hydrogen-bond acceptors (Lipinski definition) is 5. The van der Waals surface area contributed by atoms with Crippen molar-refractivity contribution in [1.29, 1.82) is 0 Å². The highest BCUT2D eigenvalue weighted by atomic mass is 16.7. The summed E-state index contributed by atoms with van der Waals surface area (Å²) in [5.74, 6) is 1.46. The zero-order valence-electron chi connectivity index (χ0n) is 11.9. The van der Waals surface area contributed by atoms with Crippen molar-refractivity contribution in [2.45, 2.75) is 0 Å². The van der Waals surface area contributed by atoms with Crippen LogP contribution in [0.2, 0.25) is 0 Å². The van der Waals surface area contributed by atoms with Gasteiger partial charge in [-0.05, 0) is 42.0 Å². The lowest BCUT2D eigenvalue weighted by molar-refractivity contribution is 0.104. The van der Waals surface area contributed by atoms with Gasteiger partial charge in [0, 0.05) is 0 Å². The van der Waals surface area contributed by atoms with E-state index in [-0.39, 0.29) is 23.9 Å². The molecule has 2 aromatic carbocycles. The van der Waals surface area contributed by atoms with Gasteiger partial charge >= 0.3 is 0 Å². The van der Waals surface area contributed by atoms with Crippen molar-refractivity contribution in [3.8, 4) is 23.0 Å². The summed E-state index contributed by atoms with van der Waals surface area (Å²) in [6.07, 6.45) is 3.05. The number of benzene rings is 2. The SMILES string of the molecule is COc1ccc(O)c(C(=O)/C=C/c2ccc3c(c2)OCO3)c1. The first-order valence-corrected chi connectivity index (χ1v) is 6.66. The summed E-state index contributed by atoms with van der Waals surface area (Å²) in [5.41, 5.74) is 0.997. The number of ketones is 1. The average Bonchev–Trinajstić information content (AvgIpc) is 3.00. The standard InChI is InChI=1S/C17H14O5/c1-20-12-4-6-15(19)13(9-12)14(18)5-2-11-3-7-16-17(8-11)22-10-21-16/h2-9,19H,10H2,1H3/b5-2+. The van der Waals surface area contributed by atoms with E-state index in [2.05, 4.69) is 0 Å². The smallest absolute Gasteiger partial charge is 0.231 e. The Kier molecular flexibility index (Phi) is 3.70. The summed E-state index contributed by atoms with van der Waals surface area (Å²) in [4.78, 5) is 12.2. The molecular formula is C17H14O5. The van der Waals surface area contributed by atoms with Crippen molar-refractivity contribution in [3.05, 3.63) is 53.6 Å². The molecule has 3 rings (SSSR count). The molecule has 0 spiro atoms. The minimum Gasteiger partial charge on any atom is -0.507 e. The van der Waals surface area contributed by atoms with E-state index in [1.54, 1.807) is 24.3 Å². The number of fused-ring (bicyclic) bond motifs is 1. The monoisotopic (exact) mass is 298 g/mol. The minimum absolute atomic E-state index is 0.0823. The fraction of sp³-hybridized carbons (Fsp3) is 0.118. The van der Waals surface area contributed by atoms with E-state index < -0.39 is 0 Å². The van der Waals surface area contributed by atoms with Crippen LogP contribution in [-0.2, 0) is 0 Å². The fourth-order valence-electron chi connectivity index (χ4n) is 2.12. The van der Waals surface area contributed by atoms with E-state index in [1.165, 1.54) is 25.3 Å². The zero-order chi connectivity index (χ0) is 15.5. The molecule has 22 heavy (non-hydrogen) atoms. The Morgan fingerprint density at radius 3 is 2.82 bits per heavy atom. The van der Waals surface area contributed by atoms with Crippen molar-refractivity contribution in [2.24, 2.45) is 0 Å². The molecule has 2 aromatic rings. The second kappa shape index (κ2) is 5.81. The Bertz CT molecular complexity index is 749. The summed E-state index contributed by atoms with van der Waals surface area (Å²) in [7, 11) is 1.50. The third-order valence-electron chi connectivity index (χ3n) is 3.29. The molecule has 1 aliphatic heterocycles. The van der Waals surface area contributed by atoms with E-state index in [0.717, 1.165) is 5.56 Å². The van der Waals surface area contributed by atoms with Crippen LogP contribution in [-0.4, -0.2) is 24.8 Å². The van der Waals surface area contributed by atoms with Crippen LogP contribution in [0.4, 0.5) is 0 Å². The molecule has 5 heteroatoms. The molecule has 0 fully saturated rings. The highest BCUT2D eigenvalue weighted by Crippen LogP contribution is 2.33. The lowest BCUT2D eigenvalue weighted by atomic mass is 10.1. The van der Waals surface area contributed by atoms with Crippen LogP contribution in [0, 0.1) is 0 Å². The number of carbonyl (C=O) groups excluding carboxylic acids is 1. The summed E-state index contributed by atoms with van der Waals surface area (Å²) in [6, 6.07) is 9.92. The van der Waals surface area contributed by atoms with Gasteiger partial charge in [0.05, 0.1) is 12.7 Å². The molecule has 0 radical (unpaired) electrons.